The fourth-order valence-corrected chi connectivity index (χ4v) is 9.92. The molecule has 1 heterocycles. The Morgan fingerprint density at radius 3 is 1.23 bits per heavy atom. The van der Waals surface area contributed by atoms with Gasteiger partial charge in [0.15, 0.2) is 17.9 Å². The maximum Gasteiger partial charge on any atom is 0.245 e. The summed E-state index contributed by atoms with van der Waals surface area (Å²) in [7, 11) is 0. The van der Waals surface area contributed by atoms with Crippen molar-refractivity contribution >= 4 is 112 Å². The van der Waals surface area contributed by atoms with Crippen LogP contribution in [0.2, 0.25) is 0 Å². The maximum atomic E-state index is 14.4. The van der Waals surface area contributed by atoms with Gasteiger partial charge in [-0.3, -0.25) is 82.1 Å². The molecule has 0 unspecified atom stereocenters. The predicted octanol–water partition coefficient (Wildman–Crippen LogP) is -10.7. The van der Waals surface area contributed by atoms with Crippen molar-refractivity contribution in [2.75, 3.05) is 77.6 Å². The van der Waals surface area contributed by atoms with Gasteiger partial charge >= 0.3 is 0 Å². The molecule has 98 heavy (non-hydrogen) atoms. The van der Waals surface area contributed by atoms with Gasteiger partial charge in [0, 0.05) is 33.1 Å². The molecule has 0 bridgehead atoms. The van der Waals surface area contributed by atoms with E-state index in [1.54, 1.807) is 20.1 Å². The molecule has 0 aromatic rings. The van der Waals surface area contributed by atoms with Crippen LogP contribution < -0.4 is 110 Å². The number of carbonyl (C=O) groups is 14. The Balaban J connectivity index is 3.41. The van der Waals surface area contributed by atoms with Crippen LogP contribution in [0.4, 0.5) is 0 Å². The first-order chi connectivity index (χ1) is 46.3. The van der Waals surface area contributed by atoms with E-state index in [1.165, 1.54) is 30.5 Å². The molecule has 1 aliphatic heterocycles. The molecule has 10 atom stereocenters. The van der Waals surface area contributed by atoms with E-state index in [0.29, 0.717) is 38.0 Å². The van der Waals surface area contributed by atoms with E-state index in [1.807, 2.05) is 0 Å². The molecule has 1 aliphatic rings. The highest BCUT2D eigenvalue weighted by Gasteiger charge is 2.36. The minimum atomic E-state index is -1.80. The Morgan fingerprint density at radius 1 is 0.469 bits per heavy atom. The lowest BCUT2D eigenvalue weighted by atomic mass is 10.0. The number of nitrogens with zero attached hydrogens (tertiary/aromatic N) is 4. The minimum Gasteiger partial charge on any atom is -0.394 e. The van der Waals surface area contributed by atoms with E-state index in [4.69, 9.17) is 45.9 Å². The van der Waals surface area contributed by atoms with Crippen LogP contribution in [0.25, 0.3) is 0 Å². The zero-order valence-electron chi connectivity index (χ0n) is 56.2. The molecule has 41 heteroatoms. The SMILES string of the molecule is CSCC[C@H](NC(=O)CNC(=O)[C@@H]1CCCN1C(C)=O)C(=O)N[C@@H](CCCN=C(N)N)C(=O)N[C@@H](CC(C)C)C(=O)N[C@@H](CCCN=C(N)N)C(=O)N[C@@H](CO)C(=O)NCC(=O)N[C@@H](CCCN=C(N)N)C(=O)N[C@@H](CO)C(=O)N[C@@H](CCCCN)C(=O)NCC(=O)N[C@@H](C)C(N)=O. The molecule has 1 saturated heterocycles. The molecule has 0 aliphatic carbocycles. The molecule has 0 spiro atoms. The lowest BCUT2D eigenvalue weighted by Crippen LogP contribution is -2.60. The van der Waals surface area contributed by atoms with Crippen LogP contribution in [-0.2, 0) is 67.1 Å². The van der Waals surface area contributed by atoms with Crippen LogP contribution in [0.5, 0.6) is 0 Å². The Morgan fingerprint density at radius 2 is 0.827 bits per heavy atom. The van der Waals surface area contributed by atoms with Crippen LogP contribution in [-0.4, -0.2) is 254 Å². The molecule has 1 fully saturated rings. The quantitative estimate of drug-likeness (QED) is 0.0153. The first-order valence-electron chi connectivity index (χ1n) is 32.0. The molecular weight excluding hydrogens is 1310 g/mol. The Bertz CT molecular complexity index is 2770. The van der Waals surface area contributed by atoms with Crippen molar-refractivity contribution in [2.24, 2.45) is 66.8 Å². The van der Waals surface area contributed by atoms with Crippen LogP contribution in [0.1, 0.15) is 111 Å². The van der Waals surface area contributed by atoms with Crippen LogP contribution in [0.15, 0.2) is 15.0 Å². The fraction of sp³-hybridized carbons (Fsp3) is 0.702. The maximum absolute atomic E-state index is 14.4. The van der Waals surface area contributed by atoms with Crippen molar-refractivity contribution in [1.82, 2.24) is 68.7 Å². The number of nitrogens with two attached hydrogens (primary N) is 8. The van der Waals surface area contributed by atoms with Crippen LogP contribution in [0.3, 0.4) is 0 Å². The summed E-state index contributed by atoms with van der Waals surface area (Å²) in [6.07, 6.45) is 3.24. The molecular formula is C57H104N24O16S. The first kappa shape index (κ1) is 86.6. The van der Waals surface area contributed by atoms with Crippen molar-refractivity contribution in [1.29, 1.82) is 0 Å². The largest absolute Gasteiger partial charge is 0.394 e. The number of primary amides is 1. The van der Waals surface area contributed by atoms with Gasteiger partial charge in [-0.2, -0.15) is 11.8 Å². The van der Waals surface area contributed by atoms with E-state index in [-0.39, 0.29) is 114 Å². The third-order valence-electron chi connectivity index (χ3n) is 14.6. The lowest BCUT2D eigenvalue weighted by Gasteiger charge is -2.28. The van der Waals surface area contributed by atoms with Gasteiger partial charge < -0.3 is 125 Å². The highest BCUT2D eigenvalue weighted by molar-refractivity contribution is 7.98. The molecule has 0 aromatic carbocycles. The number of aliphatic hydroxyl groups is 2. The topological polar surface area (TPSA) is 672 Å². The summed E-state index contributed by atoms with van der Waals surface area (Å²) in [5.41, 5.74) is 43.7. The van der Waals surface area contributed by atoms with E-state index < -0.39 is 170 Å². The second kappa shape index (κ2) is 47.5. The minimum absolute atomic E-state index is 0.00337. The number of aliphatic imine (C=N–C) groups is 3. The number of guanidine groups is 3. The Hall–Kier alpha value is -9.38. The predicted molar refractivity (Wildman–Crippen MR) is 361 cm³/mol. The molecule has 40 nitrogen and oxygen atoms in total. The number of carbonyl (C=O) groups excluding carboxylic acids is 14. The van der Waals surface area contributed by atoms with Gasteiger partial charge in [-0.15, -0.1) is 0 Å². The molecule has 554 valence electrons. The number of amides is 14. The van der Waals surface area contributed by atoms with Gasteiger partial charge in [-0.25, -0.2) is 0 Å². The molecule has 14 amide bonds. The van der Waals surface area contributed by atoms with Crippen molar-refractivity contribution in [3.05, 3.63) is 0 Å². The molecule has 0 saturated carbocycles. The van der Waals surface area contributed by atoms with E-state index in [2.05, 4.69) is 78.8 Å². The van der Waals surface area contributed by atoms with Crippen molar-refractivity contribution in [3.8, 4) is 0 Å². The van der Waals surface area contributed by atoms with Gasteiger partial charge in [-0.05, 0) is 115 Å². The van der Waals surface area contributed by atoms with E-state index >= 15 is 0 Å². The van der Waals surface area contributed by atoms with Gasteiger partial charge in [0.1, 0.15) is 60.4 Å². The van der Waals surface area contributed by atoms with Gasteiger partial charge in [0.25, 0.3) is 0 Å². The highest BCUT2D eigenvalue weighted by Crippen LogP contribution is 2.17. The monoisotopic (exact) mass is 1410 g/mol. The van der Waals surface area contributed by atoms with E-state index in [0.717, 1.165) is 0 Å². The van der Waals surface area contributed by atoms with Gasteiger partial charge in [0.2, 0.25) is 82.7 Å². The second-order valence-electron chi connectivity index (χ2n) is 23.2. The van der Waals surface area contributed by atoms with Gasteiger partial charge in [0.05, 0.1) is 32.8 Å². The van der Waals surface area contributed by atoms with E-state index in [9.17, 15) is 77.3 Å². The smallest absolute Gasteiger partial charge is 0.245 e. The van der Waals surface area contributed by atoms with Crippen LogP contribution in [0, 0.1) is 5.92 Å². The first-order valence-corrected chi connectivity index (χ1v) is 33.3. The molecule has 1 rings (SSSR count). The third-order valence-corrected chi connectivity index (χ3v) is 15.2. The number of unbranched alkanes of at least 4 members (excludes halogenated alkanes) is 1. The molecule has 0 aromatic heterocycles. The summed E-state index contributed by atoms with van der Waals surface area (Å²) in [6, 6.07) is -13.7. The van der Waals surface area contributed by atoms with Crippen molar-refractivity contribution in [2.45, 2.75) is 172 Å². The normalized spacial score (nSPS) is 15.2. The summed E-state index contributed by atoms with van der Waals surface area (Å²) in [6.45, 7) is 2.51. The average Bonchev–Trinajstić information content (AvgIpc) is 1.53. The van der Waals surface area contributed by atoms with Crippen molar-refractivity contribution in [3.63, 3.8) is 0 Å². The summed E-state index contributed by atoms with van der Waals surface area (Å²) in [5.74, 6) is -12.7. The number of rotatable bonds is 48. The number of hydrogen-bond acceptors (Lipinski definition) is 21. The number of likely N-dealkylation sites (tertiary alicyclic amines) is 1. The number of aliphatic hydroxyl groups excluding tert-OH is 2. The standard InChI is InChI=1S/C57H104N24O16S/c1-30(2)24-38(78-49(92)35(14-9-20-67-56(62)63)76-51(94)37(17-23-98-5)74-44(87)27-71-54(97)41-16-11-22-81(41)32(4)84)52(95)77-36(15-10-21-68-57(64)65)50(93)79-39(28-82)47(90)70-26-43(86)73-34(13-8-19-66-55(60)61)48(91)80-40(29-83)53(96)75-33(12-6-7-18-58)46(89)69-25-42(85)72-31(3)45(59)88/h30-31,33-41,82-83H,6-29,58H2,1-5H3,(H2,59,88)(H,69,89)(H,70,90)(H,71,97)(H,72,85)(H,73,86)(H,74,87)(H,75,96)(H,76,94)(H,77,95)(H,78,92)(H,79,93)(H,80,91)(H4,60,61,66)(H4,62,63,67)(H4,64,65,68)/t31-,33-,34-,35-,36-,37-,38-,39-,40-,41-/m0/s1. The zero-order valence-corrected chi connectivity index (χ0v) is 57.1. The highest BCUT2D eigenvalue weighted by atomic mass is 32.2. The number of nitrogens with one attached hydrogen (secondary N) is 12. The summed E-state index contributed by atoms with van der Waals surface area (Å²) >= 11 is 1.36. The lowest BCUT2D eigenvalue weighted by molar-refractivity contribution is -0.137. The third kappa shape index (κ3) is 35.6. The average molecular weight is 1410 g/mol. The van der Waals surface area contributed by atoms with Gasteiger partial charge in [-0.1, -0.05) is 13.8 Å². The molecule has 0 radical (unpaired) electrons. The second-order valence-corrected chi connectivity index (χ2v) is 24.2. The number of thioether (sulfide) groups is 1. The Kier molecular flexibility index (Phi) is 42.0. The number of hydrogen-bond donors (Lipinski definition) is 22. The van der Waals surface area contributed by atoms with Crippen LogP contribution >= 0.6 is 11.8 Å². The fourth-order valence-electron chi connectivity index (χ4n) is 9.45. The summed E-state index contributed by atoms with van der Waals surface area (Å²) in [5, 5.41) is 49.9. The zero-order chi connectivity index (χ0) is 74.0. The Labute approximate surface area is 572 Å². The molecule has 30 N–H and O–H groups in total. The summed E-state index contributed by atoms with van der Waals surface area (Å²) in [4.78, 5) is 199. The summed E-state index contributed by atoms with van der Waals surface area (Å²) < 4.78 is 0. The van der Waals surface area contributed by atoms with Crippen molar-refractivity contribution < 1.29 is 77.3 Å².